The molecule has 0 aliphatic heterocycles. The van der Waals surface area contributed by atoms with Crippen LogP contribution in [0.5, 0.6) is 0 Å². The summed E-state index contributed by atoms with van der Waals surface area (Å²) in [5.74, 6) is 0.484. The second kappa shape index (κ2) is 9.48. The Morgan fingerprint density at radius 3 is 1.30 bits per heavy atom. The number of hydrogen-bond acceptors (Lipinski definition) is 1. The molecule has 20 heavy (non-hydrogen) atoms. The molecule has 2 aromatic rings. The zero-order valence-electron chi connectivity index (χ0n) is 10.5. The van der Waals surface area contributed by atoms with Crippen LogP contribution < -0.4 is 0 Å². The normalized spacial score (nSPS) is 10.2. The molecule has 0 saturated heterocycles. The van der Waals surface area contributed by atoms with Gasteiger partial charge < -0.3 is 14.7 Å². The van der Waals surface area contributed by atoms with Crippen LogP contribution in [0.25, 0.3) is 0 Å². The second-order valence-corrected chi connectivity index (χ2v) is 5.08. The van der Waals surface area contributed by atoms with Gasteiger partial charge in [0, 0.05) is 5.92 Å². The standard InChI is InChI=1S/C14H14.Na.H3O4P.H/c1-12(13-8-4-2-5-9-13)14-10-6-3-7-11-14;;1-5(2,3)4;/h2-12H,1H3;;(H3,1,2,3,4);. The molecule has 104 valence electrons. The molecule has 2 aromatic carbocycles. The van der Waals surface area contributed by atoms with Gasteiger partial charge in [0.1, 0.15) is 0 Å². The van der Waals surface area contributed by atoms with Crippen LogP contribution in [0.1, 0.15) is 24.0 Å². The summed E-state index contributed by atoms with van der Waals surface area (Å²) in [6.07, 6.45) is 0. The fourth-order valence-corrected chi connectivity index (χ4v) is 1.68. The van der Waals surface area contributed by atoms with Crippen molar-refractivity contribution < 1.29 is 19.2 Å². The summed E-state index contributed by atoms with van der Waals surface area (Å²) in [5.41, 5.74) is 2.75. The van der Waals surface area contributed by atoms with Gasteiger partial charge in [-0.1, -0.05) is 67.6 Å². The van der Waals surface area contributed by atoms with E-state index in [4.69, 9.17) is 19.2 Å². The Morgan fingerprint density at radius 1 is 0.800 bits per heavy atom. The van der Waals surface area contributed by atoms with Crippen LogP contribution in [0.3, 0.4) is 0 Å². The van der Waals surface area contributed by atoms with E-state index < -0.39 is 7.82 Å². The van der Waals surface area contributed by atoms with Gasteiger partial charge in [-0.3, -0.25) is 0 Å². The zero-order chi connectivity index (χ0) is 14.3. The Kier molecular flexibility index (Phi) is 9.27. The molecular weight excluding hydrogens is 286 g/mol. The van der Waals surface area contributed by atoms with E-state index in [0.29, 0.717) is 5.92 Å². The molecule has 2 rings (SSSR count). The van der Waals surface area contributed by atoms with Crippen LogP contribution in [0.15, 0.2) is 60.7 Å². The Morgan fingerprint density at radius 2 is 1.05 bits per heavy atom. The maximum atomic E-state index is 8.88. The van der Waals surface area contributed by atoms with Crippen molar-refractivity contribution in [3.05, 3.63) is 71.8 Å². The number of hydrogen-bond donors (Lipinski definition) is 3. The van der Waals surface area contributed by atoms with Crippen molar-refractivity contribution in [2.24, 2.45) is 0 Å². The fourth-order valence-electron chi connectivity index (χ4n) is 1.68. The molecule has 4 nitrogen and oxygen atoms in total. The van der Waals surface area contributed by atoms with Gasteiger partial charge >= 0.3 is 37.4 Å². The van der Waals surface area contributed by atoms with Gasteiger partial charge in [-0.05, 0) is 11.1 Å². The number of rotatable bonds is 2. The molecule has 3 N–H and O–H groups in total. The molecule has 0 spiro atoms. The van der Waals surface area contributed by atoms with Crippen molar-refractivity contribution in [2.75, 3.05) is 0 Å². The SMILES string of the molecule is CC(c1ccccc1)c1ccccc1.O=P(O)(O)O.[NaH]. The van der Waals surface area contributed by atoms with Crippen molar-refractivity contribution >= 4 is 37.4 Å². The molecule has 0 heterocycles. The molecule has 0 amide bonds. The molecule has 0 aromatic heterocycles. The monoisotopic (exact) mass is 304 g/mol. The van der Waals surface area contributed by atoms with Gasteiger partial charge in [0.25, 0.3) is 0 Å². The molecule has 6 heteroatoms. The third-order valence-corrected chi connectivity index (χ3v) is 2.60. The molecule has 0 unspecified atom stereocenters. The molecule has 0 saturated carbocycles. The van der Waals surface area contributed by atoms with Gasteiger partial charge in [0.15, 0.2) is 0 Å². The average molecular weight is 304 g/mol. The summed E-state index contributed by atoms with van der Waals surface area (Å²) >= 11 is 0. The Hall–Kier alpha value is -0.450. The van der Waals surface area contributed by atoms with E-state index in [0.717, 1.165) is 0 Å². The van der Waals surface area contributed by atoms with Crippen molar-refractivity contribution in [2.45, 2.75) is 12.8 Å². The summed E-state index contributed by atoms with van der Waals surface area (Å²) in [7, 11) is -4.64. The molecular formula is C14H18NaO4P. The van der Waals surface area contributed by atoms with Crippen molar-refractivity contribution in [1.29, 1.82) is 0 Å². The second-order valence-electron chi connectivity index (χ2n) is 4.06. The Balaban J connectivity index is 0.000000526. The summed E-state index contributed by atoms with van der Waals surface area (Å²) in [5, 5.41) is 0. The Bertz CT molecular complexity index is 480. The molecule has 0 aliphatic carbocycles. The first-order valence-electron chi connectivity index (χ1n) is 5.76. The number of benzene rings is 2. The average Bonchev–Trinajstić information content (AvgIpc) is 2.38. The van der Waals surface area contributed by atoms with Crippen LogP contribution >= 0.6 is 7.82 Å². The number of phosphoric acid groups is 1. The molecule has 0 atom stereocenters. The van der Waals surface area contributed by atoms with Crippen molar-refractivity contribution in [1.82, 2.24) is 0 Å². The fraction of sp³-hybridized carbons (Fsp3) is 0.143. The summed E-state index contributed by atoms with van der Waals surface area (Å²) in [6, 6.07) is 21.2. The van der Waals surface area contributed by atoms with E-state index in [1.165, 1.54) is 11.1 Å². The van der Waals surface area contributed by atoms with Gasteiger partial charge in [-0.15, -0.1) is 0 Å². The minimum atomic E-state index is -4.64. The molecule has 0 fully saturated rings. The third-order valence-electron chi connectivity index (χ3n) is 2.60. The first kappa shape index (κ1) is 19.6. The van der Waals surface area contributed by atoms with Crippen LogP contribution in [-0.4, -0.2) is 44.2 Å². The molecule has 0 radical (unpaired) electrons. The van der Waals surface area contributed by atoms with Gasteiger partial charge in [-0.2, -0.15) is 0 Å². The van der Waals surface area contributed by atoms with E-state index in [1.807, 2.05) is 0 Å². The van der Waals surface area contributed by atoms with Gasteiger partial charge in [-0.25, -0.2) is 4.57 Å². The summed E-state index contributed by atoms with van der Waals surface area (Å²) < 4.78 is 8.88. The minimum absolute atomic E-state index is 0. The van der Waals surface area contributed by atoms with E-state index in [1.54, 1.807) is 0 Å². The van der Waals surface area contributed by atoms with Crippen LogP contribution in [0.4, 0.5) is 0 Å². The summed E-state index contributed by atoms with van der Waals surface area (Å²) in [6.45, 7) is 2.24. The van der Waals surface area contributed by atoms with E-state index in [9.17, 15) is 0 Å². The van der Waals surface area contributed by atoms with E-state index in [2.05, 4.69) is 67.6 Å². The van der Waals surface area contributed by atoms with Crippen LogP contribution in [0.2, 0.25) is 0 Å². The summed E-state index contributed by atoms with van der Waals surface area (Å²) in [4.78, 5) is 21.6. The van der Waals surface area contributed by atoms with Crippen molar-refractivity contribution in [3.63, 3.8) is 0 Å². The predicted octanol–water partition coefficient (Wildman–Crippen LogP) is 2.26. The van der Waals surface area contributed by atoms with Crippen LogP contribution in [-0.2, 0) is 4.57 Å². The van der Waals surface area contributed by atoms with E-state index in [-0.39, 0.29) is 29.6 Å². The predicted molar refractivity (Wildman–Crippen MR) is 81.8 cm³/mol. The van der Waals surface area contributed by atoms with Crippen LogP contribution in [0, 0.1) is 0 Å². The first-order chi connectivity index (χ1) is 8.88. The van der Waals surface area contributed by atoms with E-state index >= 15 is 0 Å². The first-order valence-corrected chi connectivity index (χ1v) is 7.32. The van der Waals surface area contributed by atoms with Gasteiger partial charge in [0.05, 0.1) is 0 Å². The topological polar surface area (TPSA) is 77.8 Å². The Labute approximate surface area is 141 Å². The third kappa shape index (κ3) is 8.67. The molecule has 0 aliphatic rings. The molecule has 0 bridgehead atoms. The zero-order valence-corrected chi connectivity index (χ0v) is 11.4. The quantitative estimate of drug-likeness (QED) is 0.587. The van der Waals surface area contributed by atoms with Crippen molar-refractivity contribution in [3.8, 4) is 0 Å². The van der Waals surface area contributed by atoms with Gasteiger partial charge in [0.2, 0.25) is 0 Å². The maximum absolute atomic E-state index is 8.88.